The highest BCUT2D eigenvalue weighted by molar-refractivity contribution is 6.08. The van der Waals surface area contributed by atoms with E-state index in [2.05, 4.69) is 22.5 Å². The average Bonchev–Trinajstić information content (AvgIpc) is 3.12. The summed E-state index contributed by atoms with van der Waals surface area (Å²) in [5.74, 6) is -0.0389. The van der Waals surface area contributed by atoms with E-state index in [-0.39, 0.29) is 23.6 Å². The number of amides is 3. The largest absolute Gasteiger partial charge is 0.352 e. The van der Waals surface area contributed by atoms with Crippen LogP contribution in [0.1, 0.15) is 50.8 Å². The normalized spacial score (nSPS) is 17.2. The summed E-state index contributed by atoms with van der Waals surface area (Å²) < 4.78 is 1.93. The van der Waals surface area contributed by atoms with Crippen molar-refractivity contribution in [3.63, 3.8) is 0 Å². The molecule has 2 heterocycles. The average molecular weight is 434 g/mol. The monoisotopic (exact) mass is 433 g/mol. The Balaban J connectivity index is 1.84. The first-order valence-electron chi connectivity index (χ1n) is 10.8. The van der Waals surface area contributed by atoms with Crippen LogP contribution in [0, 0.1) is 5.92 Å². The highest BCUT2D eigenvalue weighted by atomic mass is 16.2. The van der Waals surface area contributed by atoms with Crippen LogP contribution < -0.4 is 10.6 Å². The summed E-state index contributed by atoms with van der Waals surface area (Å²) >= 11 is 0. The van der Waals surface area contributed by atoms with E-state index in [4.69, 9.17) is 0 Å². The molecule has 1 aromatic heterocycles. The lowest BCUT2D eigenvalue weighted by Crippen LogP contribution is -2.26. The molecular weight excluding hydrogens is 406 g/mol. The zero-order valence-corrected chi connectivity index (χ0v) is 18.5. The van der Waals surface area contributed by atoms with Gasteiger partial charge in [0.2, 0.25) is 5.95 Å². The second-order valence-electron chi connectivity index (χ2n) is 8.46. The van der Waals surface area contributed by atoms with Crippen molar-refractivity contribution in [3.05, 3.63) is 59.2 Å². The number of nitrogens with one attached hydrogen (secondary N) is 2. The minimum atomic E-state index is -0.360. The number of carbonyl (C=O) groups is 3. The van der Waals surface area contributed by atoms with E-state index in [0.29, 0.717) is 46.8 Å². The molecule has 0 saturated heterocycles. The highest BCUT2D eigenvalue weighted by Crippen LogP contribution is 2.27. The zero-order chi connectivity index (χ0) is 22.8. The van der Waals surface area contributed by atoms with Crippen LogP contribution in [0.5, 0.6) is 0 Å². The Morgan fingerprint density at radius 1 is 1.09 bits per heavy atom. The molecule has 2 bridgehead atoms. The van der Waals surface area contributed by atoms with Crippen molar-refractivity contribution in [1.29, 1.82) is 0 Å². The van der Waals surface area contributed by atoms with E-state index >= 15 is 0 Å². The van der Waals surface area contributed by atoms with Gasteiger partial charge in [-0.1, -0.05) is 19.1 Å². The summed E-state index contributed by atoms with van der Waals surface area (Å²) in [5.41, 5.74) is 2.71. The summed E-state index contributed by atoms with van der Waals surface area (Å²) in [6.45, 7) is 3.25. The van der Waals surface area contributed by atoms with Gasteiger partial charge in [0.1, 0.15) is 0 Å². The van der Waals surface area contributed by atoms with Crippen molar-refractivity contribution in [2.75, 3.05) is 26.0 Å². The van der Waals surface area contributed by atoms with Gasteiger partial charge >= 0.3 is 0 Å². The summed E-state index contributed by atoms with van der Waals surface area (Å²) in [4.78, 5) is 44.5. The first-order valence-corrected chi connectivity index (χ1v) is 10.8. The number of fused-ring (bicyclic) bond motifs is 5. The number of anilines is 1. The molecule has 0 spiro atoms. The predicted octanol–water partition coefficient (Wildman–Crippen LogP) is 3.15. The van der Waals surface area contributed by atoms with Crippen LogP contribution in [0.15, 0.2) is 42.5 Å². The Morgan fingerprint density at radius 3 is 2.56 bits per heavy atom. The number of rotatable bonds is 1. The van der Waals surface area contributed by atoms with Gasteiger partial charge in [-0.3, -0.25) is 19.7 Å². The molecule has 1 unspecified atom stereocenters. The number of para-hydroxylation sites is 1. The van der Waals surface area contributed by atoms with Crippen molar-refractivity contribution < 1.29 is 14.4 Å². The van der Waals surface area contributed by atoms with Gasteiger partial charge in [-0.2, -0.15) is 0 Å². The fourth-order valence-electron chi connectivity index (χ4n) is 4.01. The van der Waals surface area contributed by atoms with E-state index in [1.54, 1.807) is 50.5 Å². The van der Waals surface area contributed by atoms with Gasteiger partial charge in [0.05, 0.1) is 16.6 Å². The molecule has 2 aromatic carbocycles. The number of hydrogen-bond donors (Lipinski definition) is 2. The van der Waals surface area contributed by atoms with E-state index in [0.717, 1.165) is 12.8 Å². The van der Waals surface area contributed by atoms with E-state index in [9.17, 15) is 14.4 Å². The molecule has 2 N–H and O–H groups in total. The molecule has 0 fully saturated rings. The molecule has 0 aliphatic carbocycles. The van der Waals surface area contributed by atoms with Gasteiger partial charge < -0.3 is 14.8 Å². The van der Waals surface area contributed by atoms with Crippen molar-refractivity contribution in [2.24, 2.45) is 5.92 Å². The maximum Gasteiger partial charge on any atom is 0.257 e. The van der Waals surface area contributed by atoms with Crippen molar-refractivity contribution in [1.82, 2.24) is 19.8 Å². The predicted molar refractivity (Wildman–Crippen MR) is 123 cm³/mol. The van der Waals surface area contributed by atoms with Gasteiger partial charge in [-0.15, -0.1) is 0 Å². The summed E-state index contributed by atoms with van der Waals surface area (Å²) in [6, 6.07) is 12.0. The first kappa shape index (κ1) is 21.5. The Morgan fingerprint density at radius 2 is 1.81 bits per heavy atom. The molecule has 1 atom stereocenters. The number of imidazole rings is 1. The molecule has 1 aliphatic heterocycles. The molecule has 8 nitrogen and oxygen atoms in total. The van der Waals surface area contributed by atoms with Crippen LogP contribution in [-0.2, 0) is 6.54 Å². The van der Waals surface area contributed by atoms with Crippen LogP contribution in [0.2, 0.25) is 0 Å². The summed E-state index contributed by atoms with van der Waals surface area (Å²) in [7, 11) is 3.43. The van der Waals surface area contributed by atoms with Crippen molar-refractivity contribution in [2.45, 2.75) is 26.3 Å². The lowest BCUT2D eigenvalue weighted by molar-refractivity contribution is 0.0828. The maximum atomic E-state index is 13.0. The van der Waals surface area contributed by atoms with E-state index in [1.807, 2.05) is 10.6 Å². The number of benzene rings is 2. The van der Waals surface area contributed by atoms with Crippen molar-refractivity contribution in [3.8, 4) is 0 Å². The third-order valence-corrected chi connectivity index (χ3v) is 5.67. The fraction of sp³-hybridized carbons (Fsp3) is 0.333. The lowest BCUT2D eigenvalue weighted by atomic mass is 10.0. The molecule has 0 radical (unpaired) electrons. The van der Waals surface area contributed by atoms with Crippen LogP contribution >= 0.6 is 0 Å². The standard InChI is InChI=1S/C24H27N5O3/c1-15-7-6-12-25-21(30)16-8-4-9-17(13-16)22(31)27-24-26-19-11-5-10-18(23(32)28(2)3)20(19)29(24)14-15/h4-5,8-11,13,15H,6-7,12,14H2,1-3H3,(H,25,30)(H,26,27,31). The molecule has 0 saturated carbocycles. The fourth-order valence-corrected chi connectivity index (χ4v) is 4.01. The van der Waals surface area contributed by atoms with E-state index in [1.165, 1.54) is 4.90 Å². The minimum Gasteiger partial charge on any atom is -0.352 e. The quantitative estimate of drug-likeness (QED) is 0.616. The van der Waals surface area contributed by atoms with E-state index < -0.39 is 0 Å². The summed E-state index contributed by atoms with van der Waals surface area (Å²) in [5, 5.41) is 5.82. The Kier molecular flexibility index (Phi) is 5.94. The number of aromatic nitrogens is 2. The Labute approximate surface area is 186 Å². The molecule has 1 aliphatic rings. The molecule has 8 heteroatoms. The van der Waals surface area contributed by atoms with Crippen LogP contribution in [0.3, 0.4) is 0 Å². The highest BCUT2D eigenvalue weighted by Gasteiger charge is 2.22. The Hall–Kier alpha value is -3.68. The molecule has 32 heavy (non-hydrogen) atoms. The molecule has 3 amide bonds. The van der Waals surface area contributed by atoms with Gasteiger partial charge in [-0.25, -0.2) is 4.98 Å². The second-order valence-corrected chi connectivity index (χ2v) is 8.46. The topological polar surface area (TPSA) is 96.3 Å². The van der Waals surface area contributed by atoms with Crippen LogP contribution in [-0.4, -0.2) is 52.8 Å². The first-order chi connectivity index (χ1) is 15.3. The molecular formula is C24H27N5O3. The zero-order valence-electron chi connectivity index (χ0n) is 18.5. The van der Waals surface area contributed by atoms with Gasteiger partial charge in [0, 0.05) is 38.3 Å². The third-order valence-electron chi connectivity index (χ3n) is 5.67. The molecule has 166 valence electrons. The number of carbonyl (C=O) groups excluding carboxylic acids is 3. The van der Waals surface area contributed by atoms with Crippen LogP contribution in [0.25, 0.3) is 11.0 Å². The SMILES string of the molecule is CC1CCCNC(=O)c2cccc(c2)C(=O)Nc2nc3cccc(C(=O)N(C)C)c3n2C1. The van der Waals surface area contributed by atoms with Crippen LogP contribution in [0.4, 0.5) is 5.95 Å². The molecule has 4 rings (SSSR count). The smallest absolute Gasteiger partial charge is 0.257 e. The second kappa shape index (κ2) is 8.82. The third kappa shape index (κ3) is 4.21. The lowest BCUT2D eigenvalue weighted by Gasteiger charge is -2.18. The minimum absolute atomic E-state index is 0.118. The van der Waals surface area contributed by atoms with Gasteiger partial charge in [0.15, 0.2) is 0 Å². The summed E-state index contributed by atoms with van der Waals surface area (Å²) in [6.07, 6.45) is 1.70. The maximum absolute atomic E-state index is 13.0. The number of hydrogen-bond acceptors (Lipinski definition) is 4. The molecule has 3 aromatic rings. The van der Waals surface area contributed by atoms with Crippen molar-refractivity contribution >= 4 is 34.7 Å². The number of nitrogens with zero attached hydrogens (tertiary/aromatic N) is 3. The Bertz CT molecular complexity index is 1200. The van der Waals surface area contributed by atoms with Gasteiger partial charge in [-0.05, 0) is 49.1 Å². The van der Waals surface area contributed by atoms with Gasteiger partial charge in [0.25, 0.3) is 17.7 Å².